The number of benzene rings is 1. The summed E-state index contributed by atoms with van der Waals surface area (Å²) in [4.78, 5) is 14.3. The van der Waals surface area contributed by atoms with Crippen molar-refractivity contribution in [2.24, 2.45) is 5.10 Å². The number of nitrogens with zero attached hydrogens (tertiary/aromatic N) is 3. The van der Waals surface area contributed by atoms with Gasteiger partial charge in [0.2, 0.25) is 5.82 Å². The minimum Gasteiger partial charge on any atom is -0.493 e. The van der Waals surface area contributed by atoms with E-state index in [1.165, 1.54) is 31.7 Å². The average Bonchev–Trinajstić information content (AvgIpc) is 2.60. The molecule has 1 aromatic carbocycles. The second-order valence-electron chi connectivity index (χ2n) is 4.53. The number of aromatic nitrogens is 1. The topological polar surface area (TPSA) is 98.9 Å². The Kier molecular flexibility index (Phi) is 6.31. The van der Waals surface area contributed by atoms with E-state index in [0.29, 0.717) is 21.5 Å². The summed E-state index contributed by atoms with van der Waals surface area (Å²) in [6, 6.07) is 6.24. The maximum Gasteiger partial charge on any atom is 0.313 e. The molecule has 0 amide bonds. The van der Waals surface area contributed by atoms with Crippen LogP contribution in [0.25, 0.3) is 0 Å². The molecule has 1 aromatic heterocycles. The Morgan fingerprint density at radius 1 is 1.56 bits per heavy atom. The molecule has 0 saturated carbocycles. The van der Waals surface area contributed by atoms with E-state index in [-0.39, 0.29) is 18.1 Å². The number of hydrogen-bond acceptors (Lipinski definition) is 7. The number of halogens is 1. The van der Waals surface area contributed by atoms with Crippen LogP contribution < -0.4 is 14.9 Å². The number of anilines is 1. The van der Waals surface area contributed by atoms with Gasteiger partial charge in [-0.2, -0.15) is 5.10 Å². The molecular weight excluding hydrogens is 392 g/mol. The molecule has 1 N–H and O–H groups in total. The van der Waals surface area contributed by atoms with Crippen molar-refractivity contribution in [1.29, 1.82) is 0 Å². The summed E-state index contributed by atoms with van der Waals surface area (Å²) in [5.74, 6) is 3.37. The van der Waals surface area contributed by atoms with Crippen molar-refractivity contribution in [2.75, 3.05) is 19.1 Å². The van der Waals surface area contributed by atoms with Gasteiger partial charge in [0.1, 0.15) is 6.61 Å². The highest BCUT2D eigenvalue weighted by atomic mass is 79.9. The van der Waals surface area contributed by atoms with Gasteiger partial charge in [-0.1, -0.05) is 5.92 Å². The average molecular weight is 405 g/mol. The van der Waals surface area contributed by atoms with Gasteiger partial charge >= 0.3 is 5.69 Å². The molecule has 0 radical (unpaired) electrons. The molecule has 2 aromatic rings. The van der Waals surface area contributed by atoms with Gasteiger partial charge in [-0.05, 0) is 39.7 Å². The third-order valence-corrected chi connectivity index (χ3v) is 3.51. The fourth-order valence-corrected chi connectivity index (χ4v) is 2.44. The van der Waals surface area contributed by atoms with Crippen LogP contribution in [0.3, 0.4) is 0 Å². The van der Waals surface area contributed by atoms with Crippen LogP contribution in [0, 0.1) is 22.5 Å². The Hall–Kier alpha value is -3.12. The number of terminal acetylenes is 1. The van der Waals surface area contributed by atoms with E-state index in [2.05, 4.69) is 37.4 Å². The molecule has 0 spiro atoms. The number of methoxy groups -OCH3 is 1. The zero-order valence-electron chi connectivity index (χ0n) is 13.1. The van der Waals surface area contributed by atoms with Crippen molar-refractivity contribution >= 4 is 33.6 Å². The second kappa shape index (κ2) is 8.65. The minimum absolute atomic E-state index is 0.0451. The van der Waals surface area contributed by atoms with Gasteiger partial charge in [0.25, 0.3) is 0 Å². The molecule has 25 heavy (non-hydrogen) atoms. The fourth-order valence-electron chi connectivity index (χ4n) is 1.87. The van der Waals surface area contributed by atoms with Crippen molar-refractivity contribution in [3.63, 3.8) is 0 Å². The predicted molar refractivity (Wildman–Crippen MR) is 97.1 cm³/mol. The molecule has 128 valence electrons. The van der Waals surface area contributed by atoms with E-state index >= 15 is 0 Å². The van der Waals surface area contributed by atoms with E-state index in [0.717, 1.165) is 0 Å². The molecular formula is C16H13BrN4O4. The lowest BCUT2D eigenvalue weighted by Crippen LogP contribution is -2.00. The summed E-state index contributed by atoms with van der Waals surface area (Å²) < 4.78 is 11.3. The van der Waals surface area contributed by atoms with Gasteiger partial charge in [0.15, 0.2) is 11.5 Å². The van der Waals surface area contributed by atoms with E-state index in [1.54, 1.807) is 12.1 Å². The quantitative estimate of drug-likeness (QED) is 0.329. The third-order valence-electron chi connectivity index (χ3n) is 2.92. The molecule has 0 aliphatic rings. The standard InChI is InChI=1S/C16H13BrN4O4/c1-3-7-25-15-12(17)8-11(9-14(15)24-2)10-19-20-16-13(21(22)23)5-4-6-18-16/h1,4-6,8-10H,7H2,2H3,(H,18,20)/b19-10-. The van der Waals surface area contributed by atoms with Crippen LogP contribution in [-0.4, -0.2) is 29.8 Å². The molecule has 0 saturated heterocycles. The smallest absolute Gasteiger partial charge is 0.313 e. The minimum atomic E-state index is -0.540. The summed E-state index contributed by atoms with van der Waals surface area (Å²) in [7, 11) is 1.50. The second-order valence-corrected chi connectivity index (χ2v) is 5.38. The molecule has 8 nitrogen and oxygen atoms in total. The van der Waals surface area contributed by atoms with Crippen LogP contribution in [0.15, 0.2) is 40.0 Å². The lowest BCUT2D eigenvalue weighted by molar-refractivity contribution is -0.384. The first-order valence-electron chi connectivity index (χ1n) is 6.89. The predicted octanol–water partition coefficient (Wildman–Crippen LogP) is 3.22. The van der Waals surface area contributed by atoms with Gasteiger partial charge in [-0.15, -0.1) is 6.42 Å². The third kappa shape index (κ3) is 4.68. The normalized spacial score (nSPS) is 10.3. The monoisotopic (exact) mass is 404 g/mol. The lowest BCUT2D eigenvalue weighted by Gasteiger charge is -2.11. The number of hydrogen-bond donors (Lipinski definition) is 1. The molecule has 0 bridgehead atoms. The maximum atomic E-state index is 10.9. The largest absolute Gasteiger partial charge is 0.493 e. The number of nitrogens with one attached hydrogen (secondary N) is 1. The van der Waals surface area contributed by atoms with E-state index in [4.69, 9.17) is 15.9 Å². The Labute approximate surface area is 152 Å². The maximum absolute atomic E-state index is 10.9. The summed E-state index contributed by atoms with van der Waals surface area (Å²) in [5, 5.41) is 14.9. The van der Waals surface area contributed by atoms with Crippen LogP contribution in [0.1, 0.15) is 5.56 Å². The van der Waals surface area contributed by atoms with Crippen LogP contribution in [0.2, 0.25) is 0 Å². The van der Waals surface area contributed by atoms with Crippen LogP contribution in [-0.2, 0) is 0 Å². The number of nitro groups is 1. The Balaban J connectivity index is 2.21. The lowest BCUT2D eigenvalue weighted by atomic mass is 10.2. The van der Waals surface area contributed by atoms with Crippen molar-refractivity contribution in [3.05, 3.63) is 50.6 Å². The van der Waals surface area contributed by atoms with Gasteiger partial charge in [0.05, 0.1) is 22.7 Å². The summed E-state index contributed by atoms with van der Waals surface area (Å²) >= 11 is 3.38. The van der Waals surface area contributed by atoms with Crippen molar-refractivity contribution < 1.29 is 14.4 Å². The molecule has 0 fully saturated rings. The highest BCUT2D eigenvalue weighted by Crippen LogP contribution is 2.36. The van der Waals surface area contributed by atoms with Gasteiger partial charge < -0.3 is 9.47 Å². The summed E-state index contributed by atoms with van der Waals surface area (Å²) in [6.07, 6.45) is 8.09. The number of hydrazone groups is 1. The zero-order chi connectivity index (χ0) is 18.2. The summed E-state index contributed by atoms with van der Waals surface area (Å²) in [5.41, 5.74) is 3.05. The molecule has 0 aliphatic carbocycles. The molecule has 9 heteroatoms. The fraction of sp³-hybridized carbons (Fsp3) is 0.125. The van der Waals surface area contributed by atoms with Crippen molar-refractivity contribution in [3.8, 4) is 23.8 Å². The van der Waals surface area contributed by atoms with Crippen molar-refractivity contribution in [2.45, 2.75) is 0 Å². The van der Waals surface area contributed by atoms with Crippen LogP contribution in [0.5, 0.6) is 11.5 Å². The number of ether oxygens (including phenoxy) is 2. The zero-order valence-corrected chi connectivity index (χ0v) is 14.7. The Bertz CT molecular complexity index is 849. The first-order chi connectivity index (χ1) is 12.1. The van der Waals surface area contributed by atoms with Gasteiger partial charge in [-0.3, -0.25) is 15.5 Å². The van der Waals surface area contributed by atoms with Crippen molar-refractivity contribution in [1.82, 2.24) is 4.98 Å². The Morgan fingerprint density at radius 3 is 3.04 bits per heavy atom. The van der Waals surface area contributed by atoms with E-state index in [1.807, 2.05) is 0 Å². The molecule has 0 unspecified atom stereocenters. The van der Waals surface area contributed by atoms with Crippen LogP contribution in [0.4, 0.5) is 11.5 Å². The SMILES string of the molecule is C#CCOc1c(Br)cc(/C=N\Nc2ncccc2[N+](=O)[O-])cc1OC. The van der Waals surface area contributed by atoms with E-state index < -0.39 is 4.92 Å². The number of rotatable bonds is 7. The highest BCUT2D eigenvalue weighted by Gasteiger charge is 2.13. The van der Waals surface area contributed by atoms with Crippen LogP contribution >= 0.6 is 15.9 Å². The summed E-state index contributed by atoms with van der Waals surface area (Å²) in [6.45, 7) is 0.104. The van der Waals surface area contributed by atoms with Gasteiger partial charge in [0, 0.05) is 12.3 Å². The van der Waals surface area contributed by atoms with E-state index in [9.17, 15) is 10.1 Å². The molecule has 2 rings (SSSR count). The van der Waals surface area contributed by atoms with Gasteiger partial charge in [-0.25, -0.2) is 4.98 Å². The molecule has 0 aliphatic heterocycles. The first-order valence-corrected chi connectivity index (χ1v) is 7.68. The number of pyridine rings is 1. The first kappa shape index (κ1) is 18.2. The molecule has 1 heterocycles. The highest BCUT2D eigenvalue weighted by molar-refractivity contribution is 9.10. The molecule has 0 atom stereocenters. The Morgan fingerprint density at radius 2 is 2.36 bits per heavy atom.